The fraction of sp³-hybridized carbons (Fsp3) is 0.111. The third-order valence-corrected chi connectivity index (χ3v) is 2.22. The molecule has 0 atom stereocenters. The van der Waals surface area contributed by atoms with Gasteiger partial charge in [0.2, 0.25) is 5.88 Å². The largest absolute Gasteiger partial charge is 0.470 e. The maximum absolute atomic E-state index is 5.39. The molecule has 0 amide bonds. The monoisotopic (exact) mass is 192 g/mol. The molecule has 2 aromatic rings. The Hall–Kier alpha value is -1.42. The summed E-state index contributed by atoms with van der Waals surface area (Å²) in [6.07, 6.45) is 3.47. The zero-order valence-electron chi connectivity index (χ0n) is 6.88. The molecular weight excluding hydrogens is 184 g/mol. The molecule has 13 heavy (non-hydrogen) atoms. The number of thiazole rings is 1. The molecule has 0 fully saturated rings. The molecule has 0 bridgehead atoms. The minimum Gasteiger partial charge on any atom is -0.470 e. The van der Waals surface area contributed by atoms with Crippen LogP contribution in [0.5, 0.6) is 5.88 Å². The van der Waals surface area contributed by atoms with E-state index >= 15 is 0 Å². The molecule has 0 spiro atoms. The highest BCUT2D eigenvalue weighted by molar-refractivity contribution is 7.09. The Morgan fingerprint density at radius 3 is 2.92 bits per heavy atom. The molecule has 0 aliphatic carbocycles. The van der Waals surface area contributed by atoms with Crippen molar-refractivity contribution in [3.8, 4) is 5.88 Å². The molecule has 66 valence electrons. The summed E-state index contributed by atoms with van der Waals surface area (Å²) in [4.78, 5) is 8.13. The summed E-state index contributed by atoms with van der Waals surface area (Å²) in [5.74, 6) is 0.637. The minimum absolute atomic E-state index is 0.495. The lowest BCUT2D eigenvalue weighted by atomic mass is 10.5. The second-order valence-corrected chi connectivity index (χ2v) is 3.36. The first-order valence-electron chi connectivity index (χ1n) is 3.87. The second-order valence-electron chi connectivity index (χ2n) is 2.38. The molecule has 0 radical (unpaired) electrons. The number of rotatable bonds is 3. The molecule has 4 heteroatoms. The number of hydrogen-bond donors (Lipinski definition) is 0. The van der Waals surface area contributed by atoms with Crippen LogP contribution in [0.1, 0.15) is 5.01 Å². The fourth-order valence-electron chi connectivity index (χ4n) is 0.892. The van der Waals surface area contributed by atoms with Gasteiger partial charge in [0.05, 0.1) is 0 Å². The maximum Gasteiger partial charge on any atom is 0.213 e. The van der Waals surface area contributed by atoms with E-state index in [4.69, 9.17) is 4.74 Å². The van der Waals surface area contributed by atoms with Gasteiger partial charge in [0.15, 0.2) is 0 Å². The lowest BCUT2D eigenvalue weighted by Crippen LogP contribution is -1.95. The topological polar surface area (TPSA) is 35.0 Å². The van der Waals surface area contributed by atoms with E-state index in [1.165, 1.54) is 0 Å². The Labute approximate surface area is 80.0 Å². The van der Waals surface area contributed by atoms with E-state index < -0.39 is 0 Å². The van der Waals surface area contributed by atoms with Crippen molar-refractivity contribution in [3.05, 3.63) is 41.0 Å². The van der Waals surface area contributed by atoms with E-state index in [0.717, 1.165) is 5.01 Å². The molecule has 0 saturated heterocycles. The van der Waals surface area contributed by atoms with Crippen LogP contribution < -0.4 is 4.74 Å². The Morgan fingerprint density at radius 2 is 2.23 bits per heavy atom. The van der Waals surface area contributed by atoms with Gasteiger partial charge in [-0.05, 0) is 6.07 Å². The van der Waals surface area contributed by atoms with Gasteiger partial charge in [-0.15, -0.1) is 11.3 Å². The third kappa shape index (κ3) is 2.26. The predicted molar refractivity (Wildman–Crippen MR) is 50.7 cm³/mol. The average molecular weight is 192 g/mol. The van der Waals surface area contributed by atoms with Crippen LogP contribution in [0.3, 0.4) is 0 Å². The van der Waals surface area contributed by atoms with Crippen LogP contribution in [0.2, 0.25) is 0 Å². The molecule has 0 aliphatic rings. The smallest absolute Gasteiger partial charge is 0.213 e. The molecule has 2 rings (SSSR count). The molecule has 2 aromatic heterocycles. The number of hydrogen-bond acceptors (Lipinski definition) is 4. The van der Waals surface area contributed by atoms with Crippen LogP contribution >= 0.6 is 11.3 Å². The van der Waals surface area contributed by atoms with E-state index in [0.29, 0.717) is 12.5 Å². The van der Waals surface area contributed by atoms with Crippen LogP contribution in [0.15, 0.2) is 36.0 Å². The van der Waals surface area contributed by atoms with Gasteiger partial charge < -0.3 is 4.74 Å². The zero-order chi connectivity index (χ0) is 8.93. The Balaban J connectivity index is 1.94. The van der Waals surface area contributed by atoms with Crippen molar-refractivity contribution in [2.75, 3.05) is 0 Å². The van der Waals surface area contributed by atoms with Gasteiger partial charge in [-0.2, -0.15) is 0 Å². The molecule has 0 aliphatic heterocycles. The first-order chi connectivity index (χ1) is 6.45. The molecule has 0 N–H and O–H groups in total. The van der Waals surface area contributed by atoms with E-state index in [1.807, 2.05) is 23.6 Å². The van der Waals surface area contributed by atoms with Gasteiger partial charge in [0.25, 0.3) is 0 Å². The summed E-state index contributed by atoms with van der Waals surface area (Å²) in [6.45, 7) is 0.495. The minimum atomic E-state index is 0.495. The molecule has 3 nitrogen and oxygen atoms in total. The highest BCUT2D eigenvalue weighted by atomic mass is 32.1. The Kier molecular flexibility index (Phi) is 2.52. The van der Waals surface area contributed by atoms with Gasteiger partial charge in [0, 0.05) is 23.8 Å². The van der Waals surface area contributed by atoms with Crippen LogP contribution in [-0.2, 0) is 6.61 Å². The lowest BCUT2D eigenvalue weighted by molar-refractivity contribution is 0.293. The van der Waals surface area contributed by atoms with E-state index in [1.54, 1.807) is 23.7 Å². The van der Waals surface area contributed by atoms with Gasteiger partial charge >= 0.3 is 0 Å². The molecule has 0 unspecified atom stereocenters. The van der Waals surface area contributed by atoms with Crippen LogP contribution in [0, 0.1) is 0 Å². The first kappa shape index (κ1) is 8.19. The summed E-state index contributed by atoms with van der Waals surface area (Å²) < 4.78 is 5.39. The SMILES string of the molecule is c1ccc(OCc2nccs2)nc1. The van der Waals surface area contributed by atoms with Gasteiger partial charge in [0.1, 0.15) is 11.6 Å². The summed E-state index contributed by atoms with van der Waals surface area (Å²) in [5, 5.41) is 2.89. The number of nitrogens with zero attached hydrogens (tertiary/aromatic N) is 2. The molecular formula is C9H8N2OS. The highest BCUT2D eigenvalue weighted by Gasteiger charge is 1.96. The van der Waals surface area contributed by atoms with Crippen molar-refractivity contribution < 1.29 is 4.74 Å². The maximum atomic E-state index is 5.39. The van der Waals surface area contributed by atoms with E-state index in [-0.39, 0.29) is 0 Å². The van der Waals surface area contributed by atoms with Crippen molar-refractivity contribution in [1.29, 1.82) is 0 Å². The number of ether oxygens (including phenoxy) is 1. The fourth-order valence-corrected chi connectivity index (χ4v) is 1.42. The zero-order valence-corrected chi connectivity index (χ0v) is 7.70. The van der Waals surface area contributed by atoms with Crippen molar-refractivity contribution in [2.45, 2.75) is 6.61 Å². The number of aromatic nitrogens is 2. The van der Waals surface area contributed by atoms with Crippen molar-refractivity contribution in [3.63, 3.8) is 0 Å². The van der Waals surface area contributed by atoms with Crippen LogP contribution in [0.25, 0.3) is 0 Å². The molecule has 2 heterocycles. The quantitative estimate of drug-likeness (QED) is 0.747. The summed E-state index contributed by atoms with van der Waals surface area (Å²) in [7, 11) is 0. The van der Waals surface area contributed by atoms with Crippen molar-refractivity contribution >= 4 is 11.3 Å². The average Bonchev–Trinajstić information content (AvgIpc) is 2.69. The first-order valence-corrected chi connectivity index (χ1v) is 4.75. The third-order valence-electron chi connectivity index (χ3n) is 1.46. The predicted octanol–water partition coefficient (Wildman–Crippen LogP) is 2.12. The second kappa shape index (κ2) is 4.00. The van der Waals surface area contributed by atoms with Gasteiger partial charge in [-0.3, -0.25) is 0 Å². The van der Waals surface area contributed by atoms with E-state index in [9.17, 15) is 0 Å². The summed E-state index contributed by atoms with van der Waals surface area (Å²) in [5.41, 5.74) is 0. The van der Waals surface area contributed by atoms with Crippen molar-refractivity contribution in [1.82, 2.24) is 9.97 Å². The van der Waals surface area contributed by atoms with Crippen molar-refractivity contribution in [2.24, 2.45) is 0 Å². The van der Waals surface area contributed by atoms with Crippen LogP contribution in [-0.4, -0.2) is 9.97 Å². The van der Waals surface area contributed by atoms with Gasteiger partial charge in [-0.25, -0.2) is 9.97 Å². The Bertz CT molecular complexity index is 347. The Morgan fingerprint density at radius 1 is 1.23 bits per heavy atom. The standard InChI is InChI=1S/C9H8N2OS/c1-2-4-10-8(3-1)12-7-9-11-5-6-13-9/h1-6H,7H2. The highest BCUT2D eigenvalue weighted by Crippen LogP contribution is 2.09. The summed E-state index contributed by atoms with van der Waals surface area (Å²) in [6, 6.07) is 5.58. The lowest BCUT2D eigenvalue weighted by Gasteiger charge is -2.00. The normalized spacial score (nSPS) is 9.85. The van der Waals surface area contributed by atoms with Gasteiger partial charge in [-0.1, -0.05) is 6.07 Å². The summed E-state index contributed by atoms with van der Waals surface area (Å²) >= 11 is 1.58. The van der Waals surface area contributed by atoms with E-state index in [2.05, 4.69) is 9.97 Å². The molecule has 0 saturated carbocycles. The number of pyridine rings is 1. The molecule has 0 aromatic carbocycles. The van der Waals surface area contributed by atoms with Crippen LogP contribution in [0.4, 0.5) is 0 Å².